The fourth-order valence-electron chi connectivity index (χ4n) is 1.77. The molecule has 2 amide bonds. The van der Waals surface area contributed by atoms with E-state index in [2.05, 4.69) is 10.6 Å². The number of carbonyl (C=O) groups is 2. The van der Waals surface area contributed by atoms with Crippen molar-refractivity contribution >= 4 is 11.8 Å². The number of imide groups is 1. The van der Waals surface area contributed by atoms with Crippen LogP contribution in [0.4, 0.5) is 0 Å². The predicted molar refractivity (Wildman–Crippen MR) is 59.7 cm³/mol. The van der Waals surface area contributed by atoms with Crippen LogP contribution in [-0.2, 0) is 9.59 Å². The van der Waals surface area contributed by atoms with Gasteiger partial charge in [-0.1, -0.05) is 6.42 Å². The molecule has 1 atom stereocenters. The fourth-order valence-corrected chi connectivity index (χ4v) is 1.77. The third-order valence-electron chi connectivity index (χ3n) is 2.70. The van der Waals surface area contributed by atoms with Crippen molar-refractivity contribution in [2.24, 2.45) is 0 Å². The lowest BCUT2D eigenvalue weighted by atomic mass is 10.2. The Morgan fingerprint density at radius 3 is 2.75 bits per heavy atom. The van der Waals surface area contributed by atoms with Crippen LogP contribution in [0.2, 0.25) is 0 Å². The highest BCUT2D eigenvalue weighted by atomic mass is 16.3. The first-order valence-corrected chi connectivity index (χ1v) is 5.92. The van der Waals surface area contributed by atoms with Gasteiger partial charge in [0.15, 0.2) is 0 Å². The maximum absolute atomic E-state index is 11.5. The lowest BCUT2D eigenvalue weighted by Gasteiger charge is -2.09. The summed E-state index contributed by atoms with van der Waals surface area (Å²) < 4.78 is 0. The fraction of sp³-hybridized carbons (Fsp3) is 0.818. The summed E-state index contributed by atoms with van der Waals surface area (Å²) in [5.74, 6) is -0.415. The normalized spacial score (nSPS) is 19.7. The van der Waals surface area contributed by atoms with Gasteiger partial charge in [0.25, 0.3) is 0 Å². The standard InChI is InChI=1S/C11H20N2O3/c14-8-3-1-2-6-10(15)13-11(16)9-5-4-7-12-9/h9,12,14H,1-8H2,(H,13,15,16)/t9-/m0/s1. The van der Waals surface area contributed by atoms with E-state index in [1.54, 1.807) is 0 Å². The molecular formula is C11H20N2O3. The third-order valence-corrected chi connectivity index (χ3v) is 2.70. The molecule has 1 fully saturated rings. The molecule has 92 valence electrons. The van der Waals surface area contributed by atoms with Crippen molar-refractivity contribution < 1.29 is 14.7 Å². The molecular weight excluding hydrogens is 208 g/mol. The minimum absolute atomic E-state index is 0.159. The first kappa shape index (κ1) is 13.1. The van der Waals surface area contributed by atoms with E-state index < -0.39 is 0 Å². The summed E-state index contributed by atoms with van der Waals surface area (Å²) in [7, 11) is 0. The van der Waals surface area contributed by atoms with E-state index in [0.717, 1.165) is 32.2 Å². The van der Waals surface area contributed by atoms with Crippen molar-refractivity contribution in [1.82, 2.24) is 10.6 Å². The molecule has 1 heterocycles. The lowest BCUT2D eigenvalue weighted by molar-refractivity contribution is -0.131. The van der Waals surface area contributed by atoms with Gasteiger partial charge in [-0.25, -0.2) is 0 Å². The Morgan fingerprint density at radius 2 is 2.12 bits per heavy atom. The summed E-state index contributed by atoms with van der Waals surface area (Å²) in [6.07, 6.45) is 4.41. The Hall–Kier alpha value is -0.940. The van der Waals surface area contributed by atoms with Gasteiger partial charge in [0, 0.05) is 13.0 Å². The molecule has 3 N–H and O–H groups in total. The molecule has 1 rings (SSSR count). The van der Waals surface area contributed by atoms with E-state index >= 15 is 0 Å². The Morgan fingerprint density at radius 1 is 1.31 bits per heavy atom. The van der Waals surface area contributed by atoms with Crippen LogP contribution in [0.25, 0.3) is 0 Å². The summed E-state index contributed by atoms with van der Waals surface area (Å²) in [4.78, 5) is 22.9. The Kier molecular flexibility index (Phi) is 6.03. The molecule has 0 unspecified atom stereocenters. The number of carbonyl (C=O) groups excluding carboxylic acids is 2. The number of amides is 2. The van der Waals surface area contributed by atoms with E-state index in [1.807, 2.05) is 0 Å². The van der Waals surface area contributed by atoms with Crippen LogP contribution in [0.15, 0.2) is 0 Å². The van der Waals surface area contributed by atoms with Gasteiger partial charge in [0.2, 0.25) is 11.8 Å². The van der Waals surface area contributed by atoms with Gasteiger partial charge in [-0.2, -0.15) is 0 Å². The van der Waals surface area contributed by atoms with Crippen molar-refractivity contribution in [3.63, 3.8) is 0 Å². The number of aliphatic hydroxyl groups is 1. The summed E-state index contributed by atoms with van der Waals surface area (Å²) in [5.41, 5.74) is 0. The largest absolute Gasteiger partial charge is 0.396 e. The molecule has 0 aliphatic carbocycles. The molecule has 16 heavy (non-hydrogen) atoms. The van der Waals surface area contributed by atoms with E-state index in [-0.39, 0.29) is 24.5 Å². The highest BCUT2D eigenvalue weighted by Gasteiger charge is 2.22. The number of rotatable bonds is 6. The average Bonchev–Trinajstić information content (AvgIpc) is 2.77. The molecule has 0 saturated carbocycles. The average molecular weight is 228 g/mol. The SMILES string of the molecule is O=C(CCCCCO)NC(=O)[C@@H]1CCCN1. The summed E-state index contributed by atoms with van der Waals surface area (Å²) in [5, 5.41) is 14.0. The van der Waals surface area contributed by atoms with Crippen LogP contribution in [0.1, 0.15) is 38.5 Å². The maximum Gasteiger partial charge on any atom is 0.243 e. The summed E-state index contributed by atoms with van der Waals surface area (Å²) in [6, 6.07) is -0.193. The molecule has 1 saturated heterocycles. The highest BCUT2D eigenvalue weighted by molar-refractivity contribution is 5.97. The Bertz CT molecular complexity index is 237. The van der Waals surface area contributed by atoms with Gasteiger partial charge in [-0.15, -0.1) is 0 Å². The second-order valence-electron chi connectivity index (χ2n) is 4.10. The van der Waals surface area contributed by atoms with Crippen LogP contribution >= 0.6 is 0 Å². The van der Waals surface area contributed by atoms with E-state index in [0.29, 0.717) is 12.8 Å². The first-order valence-electron chi connectivity index (χ1n) is 5.92. The van der Waals surface area contributed by atoms with E-state index in [9.17, 15) is 9.59 Å². The predicted octanol–water partition coefficient (Wildman–Crippen LogP) is -0.0661. The number of hydrogen-bond acceptors (Lipinski definition) is 4. The van der Waals surface area contributed by atoms with Crippen LogP contribution in [0, 0.1) is 0 Å². The van der Waals surface area contributed by atoms with E-state index in [4.69, 9.17) is 5.11 Å². The number of unbranched alkanes of at least 4 members (excludes halogenated alkanes) is 2. The van der Waals surface area contributed by atoms with Crippen LogP contribution in [0.5, 0.6) is 0 Å². The second kappa shape index (κ2) is 7.35. The van der Waals surface area contributed by atoms with Crippen molar-refractivity contribution in [3.05, 3.63) is 0 Å². The van der Waals surface area contributed by atoms with E-state index in [1.165, 1.54) is 0 Å². The quantitative estimate of drug-likeness (QED) is 0.556. The number of hydrogen-bond donors (Lipinski definition) is 3. The molecule has 0 radical (unpaired) electrons. The number of nitrogens with one attached hydrogen (secondary N) is 2. The molecule has 0 aromatic heterocycles. The maximum atomic E-state index is 11.5. The first-order chi connectivity index (χ1) is 7.74. The zero-order chi connectivity index (χ0) is 11.8. The van der Waals surface area contributed by atoms with Crippen molar-refractivity contribution in [1.29, 1.82) is 0 Å². The van der Waals surface area contributed by atoms with Gasteiger partial charge in [0.05, 0.1) is 6.04 Å². The second-order valence-corrected chi connectivity index (χ2v) is 4.10. The van der Waals surface area contributed by atoms with Crippen LogP contribution in [-0.4, -0.2) is 36.1 Å². The van der Waals surface area contributed by atoms with Gasteiger partial charge in [0.1, 0.15) is 0 Å². The van der Waals surface area contributed by atoms with Gasteiger partial charge >= 0.3 is 0 Å². The lowest BCUT2D eigenvalue weighted by Crippen LogP contribution is -2.43. The summed E-state index contributed by atoms with van der Waals surface area (Å²) >= 11 is 0. The molecule has 0 aromatic rings. The zero-order valence-electron chi connectivity index (χ0n) is 9.50. The minimum atomic E-state index is -0.211. The van der Waals surface area contributed by atoms with Gasteiger partial charge < -0.3 is 10.4 Å². The Balaban J connectivity index is 2.10. The third kappa shape index (κ3) is 4.72. The molecule has 1 aliphatic rings. The van der Waals surface area contributed by atoms with Crippen LogP contribution < -0.4 is 10.6 Å². The Labute approximate surface area is 95.6 Å². The summed E-state index contributed by atoms with van der Waals surface area (Å²) in [6.45, 7) is 1.01. The van der Waals surface area contributed by atoms with Crippen molar-refractivity contribution in [3.8, 4) is 0 Å². The topological polar surface area (TPSA) is 78.4 Å². The molecule has 5 nitrogen and oxygen atoms in total. The monoisotopic (exact) mass is 228 g/mol. The number of aliphatic hydroxyl groups excluding tert-OH is 1. The minimum Gasteiger partial charge on any atom is -0.396 e. The molecule has 0 bridgehead atoms. The van der Waals surface area contributed by atoms with Crippen LogP contribution in [0.3, 0.4) is 0 Å². The molecule has 0 spiro atoms. The zero-order valence-corrected chi connectivity index (χ0v) is 9.50. The smallest absolute Gasteiger partial charge is 0.243 e. The molecule has 5 heteroatoms. The molecule has 1 aliphatic heterocycles. The van der Waals surface area contributed by atoms with Crippen molar-refractivity contribution in [2.45, 2.75) is 44.6 Å². The van der Waals surface area contributed by atoms with Gasteiger partial charge in [-0.3, -0.25) is 14.9 Å². The highest BCUT2D eigenvalue weighted by Crippen LogP contribution is 2.05. The molecule has 0 aromatic carbocycles. The van der Waals surface area contributed by atoms with Crippen molar-refractivity contribution in [2.75, 3.05) is 13.2 Å². The van der Waals surface area contributed by atoms with Gasteiger partial charge in [-0.05, 0) is 32.2 Å².